The molecule has 1 atom stereocenters. The second kappa shape index (κ2) is 6.11. The number of nitrogens with one attached hydrogen (secondary N) is 1. The van der Waals surface area contributed by atoms with E-state index in [9.17, 15) is 9.00 Å². The number of amides is 1. The second-order valence-corrected chi connectivity index (χ2v) is 5.86. The van der Waals surface area contributed by atoms with Crippen molar-refractivity contribution in [3.63, 3.8) is 0 Å². The molecule has 0 heterocycles. The molecule has 0 fully saturated rings. The minimum atomic E-state index is -1.26. The van der Waals surface area contributed by atoms with E-state index < -0.39 is 10.8 Å². The average Bonchev–Trinajstić information content (AvgIpc) is 2.83. The Hall–Kier alpha value is -1.20. The first kappa shape index (κ1) is 13.2. The molecular weight excluding hydrogens is 248 g/mol. The van der Waals surface area contributed by atoms with Gasteiger partial charge in [-0.1, -0.05) is 6.07 Å². The summed E-state index contributed by atoms with van der Waals surface area (Å²) in [6, 6.07) is 5.89. The van der Waals surface area contributed by atoms with Gasteiger partial charge >= 0.3 is 0 Å². The van der Waals surface area contributed by atoms with Crippen molar-refractivity contribution in [2.75, 3.05) is 18.8 Å². The Morgan fingerprint density at radius 3 is 2.89 bits per heavy atom. The maximum absolute atomic E-state index is 12.0. The first-order valence-electron chi connectivity index (χ1n) is 6.17. The van der Waals surface area contributed by atoms with Gasteiger partial charge in [0.1, 0.15) is 5.75 Å². The molecule has 0 spiro atoms. The lowest BCUT2D eigenvalue weighted by Gasteiger charge is -2.06. The number of carbonyl (C=O) groups is 1. The molecule has 0 bridgehead atoms. The standard InChI is InChI=1S/C13H18N2O2S/c14-6-7-15-13(16)9-18(17)12-5-4-10-2-1-3-11(10)8-12/h4-5,8H,1-3,6-7,9,14H2,(H,15,16). The summed E-state index contributed by atoms with van der Waals surface area (Å²) in [5, 5.41) is 2.63. The van der Waals surface area contributed by atoms with Gasteiger partial charge in [-0.2, -0.15) is 0 Å². The molecule has 18 heavy (non-hydrogen) atoms. The lowest BCUT2D eigenvalue weighted by atomic mass is 10.1. The highest BCUT2D eigenvalue weighted by molar-refractivity contribution is 7.85. The molecule has 3 N–H and O–H groups in total. The fraction of sp³-hybridized carbons (Fsp3) is 0.462. The molecule has 1 aromatic rings. The molecule has 0 aliphatic heterocycles. The second-order valence-electron chi connectivity index (χ2n) is 4.41. The van der Waals surface area contributed by atoms with Crippen molar-refractivity contribution in [2.24, 2.45) is 5.73 Å². The van der Waals surface area contributed by atoms with Gasteiger partial charge < -0.3 is 11.1 Å². The number of fused-ring (bicyclic) bond motifs is 1. The van der Waals surface area contributed by atoms with Gasteiger partial charge in [-0.05, 0) is 42.5 Å². The van der Waals surface area contributed by atoms with E-state index in [1.165, 1.54) is 17.5 Å². The molecule has 1 aliphatic rings. The van der Waals surface area contributed by atoms with Crippen LogP contribution < -0.4 is 11.1 Å². The Kier molecular flexibility index (Phi) is 4.49. The Balaban J connectivity index is 1.99. The minimum Gasteiger partial charge on any atom is -0.354 e. The zero-order valence-electron chi connectivity index (χ0n) is 10.3. The third-order valence-corrected chi connectivity index (χ3v) is 4.37. The van der Waals surface area contributed by atoms with E-state index in [0.717, 1.165) is 17.7 Å². The van der Waals surface area contributed by atoms with Crippen LogP contribution in [-0.2, 0) is 28.4 Å². The highest BCUT2D eigenvalue weighted by Crippen LogP contribution is 2.24. The molecule has 98 valence electrons. The third-order valence-electron chi connectivity index (χ3n) is 3.06. The van der Waals surface area contributed by atoms with Crippen molar-refractivity contribution in [1.29, 1.82) is 0 Å². The maximum atomic E-state index is 12.0. The van der Waals surface area contributed by atoms with Crippen molar-refractivity contribution in [2.45, 2.75) is 24.2 Å². The molecule has 1 aliphatic carbocycles. The molecular formula is C13H18N2O2S. The molecule has 5 heteroatoms. The van der Waals surface area contributed by atoms with Gasteiger partial charge in [0.2, 0.25) is 5.91 Å². The van der Waals surface area contributed by atoms with Crippen molar-refractivity contribution >= 4 is 16.7 Å². The number of benzene rings is 1. The van der Waals surface area contributed by atoms with E-state index in [-0.39, 0.29) is 11.7 Å². The van der Waals surface area contributed by atoms with E-state index in [0.29, 0.717) is 13.1 Å². The zero-order valence-corrected chi connectivity index (χ0v) is 11.1. The number of hydrogen-bond donors (Lipinski definition) is 2. The van der Waals surface area contributed by atoms with Crippen LogP contribution in [0.1, 0.15) is 17.5 Å². The van der Waals surface area contributed by atoms with Gasteiger partial charge in [0.15, 0.2) is 0 Å². The predicted molar refractivity (Wildman–Crippen MR) is 71.8 cm³/mol. The van der Waals surface area contributed by atoms with Crippen LogP contribution in [0.25, 0.3) is 0 Å². The normalized spacial score (nSPS) is 15.2. The molecule has 0 saturated heterocycles. The highest BCUT2D eigenvalue weighted by Gasteiger charge is 2.14. The first-order chi connectivity index (χ1) is 8.70. The summed E-state index contributed by atoms with van der Waals surface area (Å²) in [6.07, 6.45) is 3.33. The number of aryl methyl sites for hydroxylation is 2. The molecule has 0 radical (unpaired) electrons. The Morgan fingerprint density at radius 1 is 1.33 bits per heavy atom. The van der Waals surface area contributed by atoms with E-state index in [2.05, 4.69) is 5.32 Å². The number of rotatable bonds is 5. The molecule has 2 rings (SSSR count). The van der Waals surface area contributed by atoms with Gasteiger partial charge in [0.05, 0.1) is 10.8 Å². The lowest BCUT2D eigenvalue weighted by Crippen LogP contribution is -2.32. The number of hydrogen-bond acceptors (Lipinski definition) is 3. The summed E-state index contributed by atoms with van der Waals surface area (Å²) in [4.78, 5) is 12.2. The SMILES string of the molecule is NCCNC(=O)CS(=O)c1ccc2c(c1)CCC2. The van der Waals surface area contributed by atoms with Crippen LogP contribution in [0.5, 0.6) is 0 Å². The van der Waals surface area contributed by atoms with Crippen molar-refractivity contribution in [1.82, 2.24) is 5.32 Å². The summed E-state index contributed by atoms with van der Waals surface area (Å²) in [7, 11) is -1.26. The van der Waals surface area contributed by atoms with Crippen LogP contribution in [0, 0.1) is 0 Å². The monoisotopic (exact) mass is 266 g/mol. The van der Waals surface area contributed by atoms with Gasteiger partial charge in [-0.3, -0.25) is 9.00 Å². The van der Waals surface area contributed by atoms with Crippen LogP contribution in [-0.4, -0.2) is 29.0 Å². The lowest BCUT2D eigenvalue weighted by molar-refractivity contribution is -0.118. The third kappa shape index (κ3) is 3.17. The van der Waals surface area contributed by atoms with E-state index in [1.54, 1.807) is 0 Å². The Morgan fingerprint density at radius 2 is 2.11 bits per heavy atom. The molecule has 1 amide bonds. The fourth-order valence-corrected chi connectivity index (χ4v) is 3.16. The first-order valence-corrected chi connectivity index (χ1v) is 7.49. The van der Waals surface area contributed by atoms with Crippen molar-refractivity contribution < 1.29 is 9.00 Å². The predicted octanol–water partition coefficient (Wildman–Crippen LogP) is 0.358. The number of nitrogens with two attached hydrogens (primary N) is 1. The van der Waals surface area contributed by atoms with E-state index >= 15 is 0 Å². The van der Waals surface area contributed by atoms with Crippen LogP contribution >= 0.6 is 0 Å². The smallest absolute Gasteiger partial charge is 0.233 e. The summed E-state index contributed by atoms with van der Waals surface area (Å²) in [5.74, 6) is -0.196. The van der Waals surface area contributed by atoms with Gasteiger partial charge in [-0.25, -0.2) is 0 Å². The maximum Gasteiger partial charge on any atom is 0.233 e. The van der Waals surface area contributed by atoms with Crippen LogP contribution in [0.2, 0.25) is 0 Å². The Bertz CT molecular complexity index is 474. The molecule has 1 unspecified atom stereocenters. The summed E-state index contributed by atoms with van der Waals surface area (Å²) in [5.41, 5.74) is 7.92. The summed E-state index contributed by atoms with van der Waals surface area (Å²) < 4.78 is 12.0. The minimum absolute atomic E-state index is 0.0127. The average molecular weight is 266 g/mol. The molecule has 4 nitrogen and oxygen atoms in total. The summed E-state index contributed by atoms with van der Waals surface area (Å²) in [6.45, 7) is 0.831. The fourth-order valence-electron chi connectivity index (χ4n) is 2.15. The van der Waals surface area contributed by atoms with Crippen LogP contribution in [0.4, 0.5) is 0 Å². The quantitative estimate of drug-likeness (QED) is 0.808. The van der Waals surface area contributed by atoms with E-state index in [1.807, 2.05) is 18.2 Å². The molecule has 0 aromatic heterocycles. The van der Waals surface area contributed by atoms with Gasteiger partial charge in [-0.15, -0.1) is 0 Å². The molecule has 1 aromatic carbocycles. The van der Waals surface area contributed by atoms with Crippen molar-refractivity contribution in [3.8, 4) is 0 Å². The topological polar surface area (TPSA) is 72.2 Å². The molecule has 0 saturated carbocycles. The highest BCUT2D eigenvalue weighted by atomic mass is 32.2. The zero-order chi connectivity index (χ0) is 13.0. The van der Waals surface area contributed by atoms with Crippen LogP contribution in [0.3, 0.4) is 0 Å². The Labute approximate surface area is 109 Å². The number of carbonyl (C=O) groups excluding carboxylic acids is 1. The van der Waals surface area contributed by atoms with Crippen LogP contribution in [0.15, 0.2) is 23.1 Å². The summed E-state index contributed by atoms with van der Waals surface area (Å²) >= 11 is 0. The van der Waals surface area contributed by atoms with Gasteiger partial charge in [0, 0.05) is 18.0 Å². The largest absolute Gasteiger partial charge is 0.354 e. The van der Waals surface area contributed by atoms with E-state index in [4.69, 9.17) is 5.73 Å². The van der Waals surface area contributed by atoms with Gasteiger partial charge in [0.25, 0.3) is 0 Å². The van der Waals surface area contributed by atoms with Crippen molar-refractivity contribution in [3.05, 3.63) is 29.3 Å².